The van der Waals surface area contributed by atoms with Crippen molar-refractivity contribution in [3.8, 4) is 12.3 Å². The van der Waals surface area contributed by atoms with Crippen molar-refractivity contribution in [1.29, 1.82) is 0 Å². The molecule has 6 N–H and O–H groups in total. The number of carbonyl (C=O) groups is 4. The van der Waals surface area contributed by atoms with Crippen LogP contribution < -0.4 is 27.0 Å². The Bertz CT molecular complexity index is 1030. The van der Waals surface area contributed by atoms with Gasteiger partial charge in [0.1, 0.15) is 24.3 Å². The fraction of sp³-hybridized carbons (Fsp3) is 0.556. The van der Waals surface area contributed by atoms with E-state index in [1.54, 1.807) is 52.8 Å². The molecule has 1 aromatic carbocycles. The van der Waals surface area contributed by atoms with Gasteiger partial charge < -0.3 is 36.5 Å². The van der Waals surface area contributed by atoms with Gasteiger partial charge in [0.05, 0.1) is 6.61 Å². The third kappa shape index (κ3) is 13.2. The molecule has 1 rings (SSSR count). The zero-order valence-electron chi connectivity index (χ0n) is 23.2. The number of carbonyl (C=O) groups excluding carboxylic acids is 4. The molecule has 2 atom stereocenters. The highest BCUT2D eigenvalue weighted by atomic mass is 35.5. The van der Waals surface area contributed by atoms with E-state index >= 15 is 0 Å². The Hall–Kier alpha value is -3.49. The molecule has 0 aromatic heterocycles. The second kappa shape index (κ2) is 16.5. The van der Waals surface area contributed by atoms with Crippen LogP contribution in [0.3, 0.4) is 0 Å². The van der Waals surface area contributed by atoms with Gasteiger partial charge in [0.15, 0.2) is 0 Å². The Morgan fingerprint density at radius 3 is 2.36 bits per heavy atom. The van der Waals surface area contributed by atoms with Crippen LogP contribution >= 0.6 is 11.6 Å². The lowest BCUT2D eigenvalue weighted by atomic mass is 10.0. The number of halogens is 1. The van der Waals surface area contributed by atoms with E-state index in [4.69, 9.17) is 33.2 Å². The molecule has 5 amide bonds. The maximum atomic E-state index is 13.3. The normalized spacial score (nSPS) is 12.6. The summed E-state index contributed by atoms with van der Waals surface area (Å²) in [6.45, 7) is 9.20. The number of terminal acetylenes is 1. The fourth-order valence-electron chi connectivity index (χ4n) is 3.44. The summed E-state index contributed by atoms with van der Waals surface area (Å²) < 4.78 is 10.7. The second-order valence-corrected chi connectivity index (χ2v) is 10.4. The van der Waals surface area contributed by atoms with Crippen molar-refractivity contribution in [3.63, 3.8) is 0 Å². The topological polar surface area (TPSA) is 161 Å². The Morgan fingerprint density at radius 1 is 1.10 bits per heavy atom. The number of alkyl carbamates (subject to hydrolysis) is 1. The highest BCUT2D eigenvalue weighted by Crippen LogP contribution is 2.20. The Balaban J connectivity index is 3.07. The van der Waals surface area contributed by atoms with Crippen LogP contribution in [0.5, 0.6) is 0 Å². The number of amides is 5. The molecule has 0 spiro atoms. The molecule has 0 aliphatic rings. The number of ether oxygens (including phenoxy) is 2. The largest absolute Gasteiger partial charge is 0.444 e. The monoisotopic (exact) mass is 565 g/mol. The minimum atomic E-state index is -0.984. The SMILES string of the molecule is C#CCOCc1cc(NC(=O)[C@H](CCCNC(N)=O)NC(=O)[C@@H](NC(=O)OC(C)(C)C)C(C)C)ccc1CCl. The maximum absolute atomic E-state index is 13.3. The van der Waals surface area contributed by atoms with Crippen molar-refractivity contribution in [2.45, 2.75) is 77.6 Å². The molecular formula is C27H40ClN5O6. The lowest BCUT2D eigenvalue weighted by molar-refractivity contribution is -0.128. The van der Waals surface area contributed by atoms with Crippen LogP contribution in [-0.2, 0) is 31.5 Å². The number of anilines is 1. The number of alkyl halides is 1. The summed E-state index contributed by atoms with van der Waals surface area (Å²) in [7, 11) is 0. The van der Waals surface area contributed by atoms with Crippen molar-refractivity contribution < 1.29 is 28.7 Å². The number of hydrogen-bond acceptors (Lipinski definition) is 6. The molecule has 11 nitrogen and oxygen atoms in total. The molecule has 0 aliphatic carbocycles. The Kier molecular flexibility index (Phi) is 14.2. The van der Waals surface area contributed by atoms with E-state index in [-0.39, 0.29) is 38.0 Å². The summed E-state index contributed by atoms with van der Waals surface area (Å²) >= 11 is 6.02. The van der Waals surface area contributed by atoms with Crippen LogP contribution in [0.4, 0.5) is 15.3 Å². The molecule has 12 heteroatoms. The first kappa shape index (κ1) is 33.5. The van der Waals surface area contributed by atoms with Crippen molar-refractivity contribution in [1.82, 2.24) is 16.0 Å². The van der Waals surface area contributed by atoms with Gasteiger partial charge in [-0.15, -0.1) is 18.0 Å². The first-order valence-electron chi connectivity index (χ1n) is 12.6. The zero-order chi connectivity index (χ0) is 29.6. The van der Waals surface area contributed by atoms with E-state index in [2.05, 4.69) is 27.2 Å². The van der Waals surface area contributed by atoms with Crippen LogP contribution in [-0.4, -0.2) is 54.8 Å². The summed E-state index contributed by atoms with van der Waals surface area (Å²) in [6.07, 6.45) is 5.03. The predicted octanol–water partition coefficient (Wildman–Crippen LogP) is 3.00. The van der Waals surface area contributed by atoms with Gasteiger partial charge in [-0.05, 0) is 62.8 Å². The van der Waals surface area contributed by atoms with Crippen molar-refractivity contribution in [3.05, 3.63) is 29.3 Å². The van der Waals surface area contributed by atoms with Crippen LogP contribution in [0.1, 0.15) is 58.6 Å². The molecule has 1 aromatic rings. The molecule has 0 saturated carbocycles. The van der Waals surface area contributed by atoms with Gasteiger partial charge in [-0.2, -0.15) is 0 Å². The fourth-order valence-corrected chi connectivity index (χ4v) is 3.70. The molecule has 0 radical (unpaired) electrons. The minimum Gasteiger partial charge on any atom is -0.444 e. The van der Waals surface area contributed by atoms with E-state index in [1.807, 2.05) is 0 Å². The van der Waals surface area contributed by atoms with Crippen molar-refractivity contribution in [2.24, 2.45) is 11.7 Å². The van der Waals surface area contributed by atoms with E-state index in [0.29, 0.717) is 12.1 Å². The summed E-state index contributed by atoms with van der Waals surface area (Å²) in [5, 5.41) is 10.6. The molecule has 0 bridgehead atoms. The average molecular weight is 566 g/mol. The van der Waals surface area contributed by atoms with Gasteiger partial charge in [0.2, 0.25) is 11.8 Å². The van der Waals surface area contributed by atoms with Gasteiger partial charge in [-0.3, -0.25) is 9.59 Å². The molecule has 0 aliphatic heterocycles. The van der Waals surface area contributed by atoms with Gasteiger partial charge in [0, 0.05) is 18.1 Å². The van der Waals surface area contributed by atoms with Gasteiger partial charge in [-0.1, -0.05) is 25.8 Å². The molecule has 0 saturated heterocycles. The number of nitrogens with one attached hydrogen (secondary N) is 4. The maximum Gasteiger partial charge on any atom is 0.408 e. The van der Waals surface area contributed by atoms with Gasteiger partial charge in [-0.25, -0.2) is 9.59 Å². The van der Waals surface area contributed by atoms with Crippen LogP contribution in [0, 0.1) is 18.3 Å². The van der Waals surface area contributed by atoms with Crippen LogP contribution in [0.15, 0.2) is 18.2 Å². The number of benzene rings is 1. The molecule has 216 valence electrons. The standard InChI is InChI=1S/C27H40ClN5O6/c1-7-13-38-16-19-14-20(11-10-18(19)15-28)31-23(34)21(9-8-12-30-25(29)36)32-24(35)22(17(2)3)33-26(37)39-27(4,5)6/h1,10-11,14,17,21-22H,8-9,12-13,15-16H2,2-6H3,(H,31,34)(H,32,35)(H,33,37)(H3,29,30,36)/t21-,22-/m0/s1. The average Bonchev–Trinajstić information content (AvgIpc) is 2.83. The van der Waals surface area contributed by atoms with E-state index < -0.39 is 41.6 Å². The van der Waals surface area contributed by atoms with Gasteiger partial charge >= 0.3 is 12.1 Å². The van der Waals surface area contributed by atoms with Crippen LogP contribution in [0.25, 0.3) is 0 Å². The number of nitrogens with two attached hydrogens (primary N) is 1. The smallest absolute Gasteiger partial charge is 0.408 e. The lowest BCUT2D eigenvalue weighted by Crippen LogP contribution is -2.55. The third-order valence-electron chi connectivity index (χ3n) is 5.28. The predicted molar refractivity (Wildman–Crippen MR) is 150 cm³/mol. The lowest BCUT2D eigenvalue weighted by Gasteiger charge is -2.27. The number of primary amides is 1. The Morgan fingerprint density at radius 2 is 1.79 bits per heavy atom. The zero-order valence-corrected chi connectivity index (χ0v) is 23.9. The number of hydrogen-bond donors (Lipinski definition) is 5. The quantitative estimate of drug-likeness (QED) is 0.132. The Labute approximate surface area is 235 Å². The minimum absolute atomic E-state index is 0.125. The first-order chi connectivity index (χ1) is 18.3. The molecule has 0 unspecified atom stereocenters. The molecular weight excluding hydrogens is 526 g/mol. The highest BCUT2D eigenvalue weighted by molar-refractivity contribution is 6.17. The van der Waals surface area contributed by atoms with E-state index in [9.17, 15) is 19.2 Å². The van der Waals surface area contributed by atoms with E-state index in [0.717, 1.165) is 11.1 Å². The van der Waals surface area contributed by atoms with Crippen molar-refractivity contribution >= 4 is 41.2 Å². The van der Waals surface area contributed by atoms with E-state index in [1.165, 1.54) is 0 Å². The number of rotatable bonds is 14. The van der Waals surface area contributed by atoms with Crippen LogP contribution in [0.2, 0.25) is 0 Å². The third-order valence-corrected chi connectivity index (χ3v) is 5.57. The van der Waals surface area contributed by atoms with Gasteiger partial charge in [0.25, 0.3) is 0 Å². The summed E-state index contributed by atoms with van der Waals surface area (Å²) in [4.78, 5) is 49.8. The number of urea groups is 1. The second-order valence-electron chi connectivity index (χ2n) is 10.2. The molecule has 0 fully saturated rings. The first-order valence-corrected chi connectivity index (χ1v) is 13.1. The molecule has 39 heavy (non-hydrogen) atoms. The summed E-state index contributed by atoms with van der Waals surface area (Å²) in [5.74, 6) is 1.29. The van der Waals surface area contributed by atoms with Crippen molar-refractivity contribution in [2.75, 3.05) is 18.5 Å². The highest BCUT2D eigenvalue weighted by Gasteiger charge is 2.30. The summed E-state index contributed by atoms with van der Waals surface area (Å²) in [5.41, 5.74) is 6.41. The molecule has 0 heterocycles. The summed E-state index contributed by atoms with van der Waals surface area (Å²) in [6, 6.07) is 2.54.